The number of morpholine rings is 1. The third-order valence-electron chi connectivity index (χ3n) is 5.72. The summed E-state index contributed by atoms with van der Waals surface area (Å²) in [4.78, 5) is 26.2. The summed E-state index contributed by atoms with van der Waals surface area (Å²) in [5.41, 5.74) is -0.417. The third kappa shape index (κ3) is 4.68. The standard InChI is InChI=1S/C20H25N3O5S/c24-18(12-16-4-3-11-29-16)21-17-5-1-2-8-20(17)14-22(9-10-27-20)13-15-6-7-19(28-15)23(25)26/h3-4,6-7,11,17H,1-2,5,8-10,12-14H2,(H,21,24)/t17-,20+/m0/s1. The molecule has 8 nitrogen and oxygen atoms in total. The molecular weight excluding hydrogens is 394 g/mol. The van der Waals surface area contributed by atoms with E-state index in [1.54, 1.807) is 17.4 Å². The molecule has 0 unspecified atom stereocenters. The Bertz CT molecular complexity index is 848. The monoisotopic (exact) mass is 419 g/mol. The zero-order valence-corrected chi connectivity index (χ0v) is 17.0. The number of nitro groups is 1. The lowest BCUT2D eigenvalue weighted by Gasteiger charge is -2.49. The van der Waals surface area contributed by atoms with Crippen LogP contribution in [0.3, 0.4) is 0 Å². The Morgan fingerprint density at radius 1 is 1.38 bits per heavy atom. The second-order valence-corrected chi connectivity index (χ2v) is 8.78. The maximum absolute atomic E-state index is 12.6. The number of nitrogens with zero attached hydrogens (tertiary/aromatic N) is 2. The van der Waals surface area contributed by atoms with Crippen molar-refractivity contribution in [1.82, 2.24) is 10.2 Å². The number of ether oxygens (including phenoxy) is 1. The molecule has 2 atom stereocenters. The fraction of sp³-hybridized carbons (Fsp3) is 0.550. The number of thiophene rings is 1. The summed E-state index contributed by atoms with van der Waals surface area (Å²) in [6.45, 7) is 2.46. The Labute approximate surface area is 173 Å². The van der Waals surface area contributed by atoms with Gasteiger partial charge < -0.3 is 14.5 Å². The molecule has 1 aliphatic carbocycles. The summed E-state index contributed by atoms with van der Waals surface area (Å²) >= 11 is 1.59. The normalized spacial score (nSPS) is 25.2. The molecule has 2 aliphatic rings. The minimum absolute atomic E-state index is 0.0288. The molecule has 1 spiro atoms. The van der Waals surface area contributed by atoms with E-state index in [0.29, 0.717) is 31.9 Å². The van der Waals surface area contributed by atoms with Gasteiger partial charge >= 0.3 is 5.88 Å². The highest BCUT2D eigenvalue weighted by Gasteiger charge is 2.45. The molecule has 2 aromatic heterocycles. The van der Waals surface area contributed by atoms with Gasteiger partial charge in [-0.15, -0.1) is 11.3 Å². The predicted molar refractivity (Wildman–Crippen MR) is 108 cm³/mol. The number of furan rings is 1. The van der Waals surface area contributed by atoms with Crippen LogP contribution in [-0.2, 0) is 22.5 Å². The second kappa shape index (κ2) is 8.64. The van der Waals surface area contributed by atoms with Gasteiger partial charge in [0.25, 0.3) is 0 Å². The van der Waals surface area contributed by atoms with E-state index >= 15 is 0 Å². The van der Waals surface area contributed by atoms with Crippen LogP contribution in [0.5, 0.6) is 0 Å². The van der Waals surface area contributed by atoms with Crippen molar-refractivity contribution in [2.45, 2.75) is 50.3 Å². The topological polar surface area (TPSA) is 97.9 Å². The number of hydrogen-bond donors (Lipinski definition) is 1. The van der Waals surface area contributed by atoms with Crippen molar-refractivity contribution in [2.24, 2.45) is 0 Å². The molecule has 1 saturated heterocycles. The summed E-state index contributed by atoms with van der Waals surface area (Å²) in [5.74, 6) is 0.364. The van der Waals surface area contributed by atoms with E-state index in [2.05, 4.69) is 10.2 Å². The van der Waals surface area contributed by atoms with Gasteiger partial charge in [-0.3, -0.25) is 19.8 Å². The highest BCUT2D eigenvalue weighted by Crippen LogP contribution is 2.35. The van der Waals surface area contributed by atoms with Crippen LogP contribution in [-0.4, -0.2) is 47.1 Å². The smallest absolute Gasteiger partial charge is 0.404 e. The summed E-state index contributed by atoms with van der Waals surface area (Å²) in [6, 6.07) is 6.94. The summed E-state index contributed by atoms with van der Waals surface area (Å²) in [6.07, 6.45) is 4.32. The van der Waals surface area contributed by atoms with E-state index in [1.807, 2.05) is 17.5 Å². The van der Waals surface area contributed by atoms with Crippen LogP contribution < -0.4 is 5.32 Å². The van der Waals surface area contributed by atoms with Gasteiger partial charge in [0.15, 0.2) is 0 Å². The van der Waals surface area contributed by atoms with E-state index in [9.17, 15) is 14.9 Å². The molecule has 156 valence electrons. The molecule has 0 radical (unpaired) electrons. The first-order valence-corrected chi connectivity index (χ1v) is 10.8. The first kappa shape index (κ1) is 20.1. The molecule has 1 saturated carbocycles. The lowest BCUT2D eigenvalue weighted by molar-refractivity contribution is -0.402. The van der Waals surface area contributed by atoms with Crippen molar-refractivity contribution in [1.29, 1.82) is 0 Å². The quantitative estimate of drug-likeness (QED) is 0.571. The van der Waals surface area contributed by atoms with Crippen molar-refractivity contribution in [3.63, 3.8) is 0 Å². The molecule has 1 N–H and O–H groups in total. The molecular formula is C20H25N3O5S. The van der Waals surface area contributed by atoms with E-state index < -0.39 is 10.5 Å². The van der Waals surface area contributed by atoms with E-state index in [1.165, 1.54) is 6.07 Å². The number of carbonyl (C=O) groups is 1. The third-order valence-corrected chi connectivity index (χ3v) is 6.60. The summed E-state index contributed by atoms with van der Waals surface area (Å²) < 4.78 is 11.6. The molecule has 2 aromatic rings. The van der Waals surface area contributed by atoms with Gasteiger partial charge in [0.1, 0.15) is 16.3 Å². The zero-order chi connectivity index (χ0) is 20.3. The fourth-order valence-corrected chi connectivity index (χ4v) is 5.08. The Balaban J connectivity index is 1.42. The van der Waals surface area contributed by atoms with Crippen molar-refractivity contribution < 1.29 is 18.9 Å². The lowest BCUT2D eigenvalue weighted by atomic mass is 9.78. The maximum atomic E-state index is 12.6. The Hall–Kier alpha value is -2.23. The number of hydrogen-bond acceptors (Lipinski definition) is 7. The largest absolute Gasteiger partial charge is 0.433 e. The molecule has 1 amide bonds. The maximum Gasteiger partial charge on any atom is 0.433 e. The molecule has 9 heteroatoms. The Morgan fingerprint density at radius 3 is 3.03 bits per heavy atom. The van der Waals surface area contributed by atoms with Crippen molar-refractivity contribution >= 4 is 23.1 Å². The summed E-state index contributed by atoms with van der Waals surface area (Å²) in [7, 11) is 0. The van der Waals surface area contributed by atoms with Crippen LogP contribution in [0.15, 0.2) is 34.1 Å². The molecule has 3 heterocycles. The number of rotatable bonds is 6. The number of nitrogens with one attached hydrogen (secondary N) is 1. The lowest BCUT2D eigenvalue weighted by Crippen LogP contribution is -2.64. The van der Waals surface area contributed by atoms with E-state index in [-0.39, 0.29) is 17.8 Å². The van der Waals surface area contributed by atoms with Crippen molar-refractivity contribution in [2.75, 3.05) is 19.7 Å². The van der Waals surface area contributed by atoms with Gasteiger partial charge in [-0.1, -0.05) is 18.9 Å². The molecule has 2 fully saturated rings. The van der Waals surface area contributed by atoms with E-state index in [0.717, 1.165) is 37.1 Å². The van der Waals surface area contributed by atoms with Crippen molar-refractivity contribution in [3.05, 3.63) is 50.4 Å². The first-order chi connectivity index (χ1) is 14.0. The van der Waals surface area contributed by atoms with Gasteiger partial charge in [0, 0.05) is 18.0 Å². The first-order valence-electron chi connectivity index (χ1n) is 9.95. The van der Waals surface area contributed by atoms with Crippen LogP contribution >= 0.6 is 11.3 Å². The number of carbonyl (C=O) groups excluding carboxylic acids is 1. The molecule has 29 heavy (non-hydrogen) atoms. The Morgan fingerprint density at radius 2 is 2.28 bits per heavy atom. The molecule has 4 rings (SSSR count). The second-order valence-electron chi connectivity index (χ2n) is 7.74. The van der Waals surface area contributed by atoms with Crippen LogP contribution in [0.1, 0.15) is 36.3 Å². The van der Waals surface area contributed by atoms with Gasteiger partial charge in [-0.2, -0.15) is 0 Å². The van der Waals surface area contributed by atoms with Crippen LogP contribution in [0, 0.1) is 10.1 Å². The van der Waals surface area contributed by atoms with Gasteiger partial charge in [-0.25, -0.2) is 0 Å². The van der Waals surface area contributed by atoms with Crippen LogP contribution in [0.25, 0.3) is 0 Å². The number of amides is 1. The highest BCUT2D eigenvalue weighted by atomic mass is 32.1. The highest BCUT2D eigenvalue weighted by molar-refractivity contribution is 7.10. The summed E-state index contributed by atoms with van der Waals surface area (Å²) in [5, 5.41) is 16.0. The zero-order valence-electron chi connectivity index (χ0n) is 16.2. The average Bonchev–Trinajstić information content (AvgIpc) is 3.36. The Kier molecular flexibility index (Phi) is 5.98. The SMILES string of the molecule is O=C(Cc1cccs1)N[C@H]1CCCC[C@@]12CN(Cc1ccc([N+](=O)[O-])o1)CCO2. The average molecular weight is 420 g/mol. The van der Waals surface area contributed by atoms with E-state index in [4.69, 9.17) is 9.15 Å². The van der Waals surface area contributed by atoms with Gasteiger partial charge in [0.2, 0.25) is 5.91 Å². The minimum atomic E-state index is -0.523. The fourth-order valence-electron chi connectivity index (χ4n) is 4.38. The predicted octanol–water partition coefficient (Wildman–Crippen LogP) is 3.12. The molecule has 0 aromatic carbocycles. The van der Waals surface area contributed by atoms with Gasteiger partial charge in [0.05, 0.1) is 31.7 Å². The molecule has 0 bridgehead atoms. The van der Waals surface area contributed by atoms with Crippen LogP contribution in [0.4, 0.5) is 5.88 Å². The molecule has 1 aliphatic heterocycles. The minimum Gasteiger partial charge on any atom is -0.404 e. The van der Waals surface area contributed by atoms with Crippen LogP contribution in [0.2, 0.25) is 0 Å². The van der Waals surface area contributed by atoms with Crippen molar-refractivity contribution in [3.8, 4) is 0 Å². The van der Waals surface area contributed by atoms with Gasteiger partial charge in [-0.05, 0) is 30.4 Å².